The molecule has 1 rings (SSSR count). The van der Waals surface area contributed by atoms with Crippen LogP contribution in [-0.2, 0) is 15.8 Å². The molecule has 0 amide bonds. The van der Waals surface area contributed by atoms with Crippen LogP contribution in [0.1, 0.15) is 45.2 Å². The molecule has 1 unspecified atom stereocenters. The second-order valence-electron chi connectivity index (χ2n) is 8.94. The van der Waals surface area contributed by atoms with E-state index in [1.54, 1.807) is 20.8 Å². The van der Waals surface area contributed by atoms with Gasteiger partial charge in [0.1, 0.15) is 0 Å². The first-order valence-electron chi connectivity index (χ1n) is 9.35. The highest BCUT2D eigenvalue weighted by molar-refractivity contribution is 5.31. The Labute approximate surface area is 186 Å². The van der Waals surface area contributed by atoms with Gasteiger partial charge in [-0.15, -0.1) is 0 Å². The highest BCUT2D eigenvalue weighted by Gasteiger charge is 2.90. The van der Waals surface area contributed by atoms with Gasteiger partial charge in [-0.3, -0.25) is 0 Å². The van der Waals surface area contributed by atoms with Crippen LogP contribution in [-0.4, -0.2) is 42.9 Å². The fourth-order valence-corrected chi connectivity index (χ4v) is 2.95. The fourth-order valence-electron chi connectivity index (χ4n) is 2.95. The molecule has 1 aromatic carbocycles. The molecule has 14 heteroatoms. The first kappa shape index (κ1) is 30.3. The van der Waals surface area contributed by atoms with E-state index in [0.29, 0.717) is 19.6 Å². The van der Waals surface area contributed by atoms with Crippen LogP contribution in [0.15, 0.2) is 24.3 Å². The SMILES string of the molecule is COC(C)(CC(F)(F)C(F)(F)C(F)(F)C(F)(F)C(F)(F)C(F)(F)F)c1ccc(C(C)(C)C)cc1. The smallest absolute Gasteiger partial charge is 0.374 e. The monoisotopic (exact) mass is 524 g/mol. The van der Waals surface area contributed by atoms with Crippen molar-refractivity contribution in [3.05, 3.63) is 35.4 Å². The topological polar surface area (TPSA) is 9.23 Å². The van der Waals surface area contributed by atoms with E-state index in [-0.39, 0.29) is 5.56 Å². The van der Waals surface area contributed by atoms with Crippen molar-refractivity contribution in [2.45, 2.75) is 80.9 Å². The normalized spacial score (nSPS) is 17.0. The summed E-state index contributed by atoms with van der Waals surface area (Å²) >= 11 is 0. The Hall–Kier alpha value is -1.73. The van der Waals surface area contributed by atoms with E-state index in [9.17, 15) is 57.1 Å². The van der Waals surface area contributed by atoms with Crippen LogP contribution in [0.2, 0.25) is 0 Å². The quantitative estimate of drug-likeness (QED) is 0.314. The van der Waals surface area contributed by atoms with Gasteiger partial charge in [-0.2, -0.15) is 57.1 Å². The van der Waals surface area contributed by atoms with E-state index in [4.69, 9.17) is 4.74 Å². The summed E-state index contributed by atoms with van der Waals surface area (Å²) < 4.78 is 179. The van der Waals surface area contributed by atoms with Gasteiger partial charge in [0, 0.05) is 7.11 Å². The zero-order chi connectivity index (χ0) is 27.4. The maximum absolute atomic E-state index is 14.4. The molecule has 0 radical (unpaired) electrons. The van der Waals surface area contributed by atoms with E-state index in [1.165, 1.54) is 12.1 Å². The molecule has 0 spiro atoms. The van der Waals surface area contributed by atoms with E-state index >= 15 is 0 Å². The molecule has 0 saturated carbocycles. The van der Waals surface area contributed by atoms with E-state index < -0.39 is 53.2 Å². The maximum atomic E-state index is 14.4. The van der Waals surface area contributed by atoms with Gasteiger partial charge >= 0.3 is 35.8 Å². The number of halogens is 13. The maximum Gasteiger partial charge on any atom is 0.460 e. The van der Waals surface area contributed by atoms with Crippen molar-refractivity contribution in [2.24, 2.45) is 0 Å². The van der Waals surface area contributed by atoms with Crippen LogP contribution in [0.25, 0.3) is 0 Å². The van der Waals surface area contributed by atoms with Gasteiger partial charge in [-0.25, -0.2) is 0 Å². The highest BCUT2D eigenvalue weighted by Crippen LogP contribution is 2.61. The lowest BCUT2D eigenvalue weighted by Gasteiger charge is -2.42. The number of alkyl halides is 13. The molecule has 0 heterocycles. The molecule has 0 N–H and O–H groups in total. The predicted molar refractivity (Wildman–Crippen MR) is 94.9 cm³/mol. The number of benzene rings is 1. The summed E-state index contributed by atoms with van der Waals surface area (Å²) in [6.45, 7) is 5.96. The standard InChI is InChI=1S/C20H21F13O/c1-13(2,3)11-6-8-12(9-7-11)14(4,34-5)10-15(21,22)16(23,24)17(25,26)18(27,28)19(29,30)20(31,32)33/h6-9H,10H2,1-5H3. The van der Waals surface area contributed by atoms with Gasteiger partial charge in [0.25, 0.3) is 0 Å². The average molecular weight is 524 g/mol. The number of hydrogen-bond donors (Lipinski definition) is 0. The number of methoxy groups -OCH3 is 1. The minimum Gasteiger partial charge on any atom is -0.374 e. The van der Waals surface area contributed by atoms with Gasteiger partial charge in [0.15, 0.2) is 0 Å². The number of hydrogen-bond acceptors (Lipinski definition) is 1. The predicted octanol–water partition coefficient (Wildman–Crippen LogP) is 7.97. The second kappa shape index (κ2) is 8.44. The molecular weight excluding hydrogens is 503 g/mol. The molecule has 1 nitrogen and oxygen atoms in total. The van der Waals surface area contributed by atoms with Crippen LogP contribution in [0, 0.1) is 0 Å². The Morgan fingerprint density at radius 2 is 0.912 bits per heavy atom. The molecule has 0 saturated heterocycles. The van der Waals surface area contributed by atoms with E-state index in [0.717, 1.165) is 12.1 Å². The molecule has 0 aliphatic carbocycles. The summed E-state index contributed by atoms with van der Waals surface area (Å²) in [5.41, 5.74) is -2.72. The fraction of sp³-hybridized carbons (Fsp3) is 0.700. The number of ether oxygens (including phenoxy) is 1. The van der Waals surface area contributed by atoms with Crippen molar-refractivity contribution < 1.29 is 61.8 Å². The lowest BCUT2D eigenvalue weighted by molar-refractivity contribution is -0.441. The minimum atomic E-state index is -7.93. The van der Waals surface area contributed by atoms with Crippen molar-refractivity contribution in [1.82, 2.24) is 0 Å². The molecule has 0 fully saturated rings. The third kappa shape index (κ3) is 4.70. The Balaban J connectivity index is 3.50. The Bertz CT molecular complexity index is 851. The molecule has 0 aliphatic rings. The zero-order valence-corrected chi connectivity index (χ0v) is 18.3. The lowest BCUT2D eigenvalue weighted by Crippen LogP contribution is -2.70. The molecule has 34 heavy (non-hydrogen) atoms. The molecule has 1 atom stereocenters. The summed E-state index contributed by atoms with van der Waals surface area (Å²) in [4.78, 5) is 0. The van der Waals surface area contributed by atoms with Gasteiger partial charge in [-0.05, 0) is 23.5 Å². The Morgan fingerprint density at radius 1 is 0.559 bits per heavy atom. The third-order valence-electron chi connectivity index (χ3n) is 5.37. The summed E-state index contributed by atoms with van der Waals surface area (Å²) in [5.74, 6) is -37.1. The van der Waals surface area contributed by atoms with Crippen LogP contribution in [0.3, 0.4) is 0 Å². The van der Waals surface area contributed by atoms with E-state index in [2.05, 4.69) is 0 Å². The molecule has 1 aromatic rings. The van der Waals surface area contributed by atoms with Gasteiger partial charge in [0.2, 0.25) is 0 Å². The first-order valence-corrected chi connectivity index (χ1v) is 9.35. The van der Waals surface area contributed by atoms with Crippen molar-refractivity contribution in [3.8, 4) is 0 Å². The van der Waals surface area contributed by atoms with E-state index in [1.807, 2.05) is 0 Å². The first-order chi connectivity index (χ1) is 14.7. The zero-order valence-electron chi connectivity index (χ0n) is 18.3. The Morgan fingerprint density at radius 3 is 1.24 bits per heavy atom. The molecule has 0 aliphatic heterocycles. The summed E-state index contributed by atoms with van der Waals surface area (Å²) in [7, 11) is 0.691. The average Bonchev–Trinajstić information content (AvgIpc) is 2.65. The minimum absolute atomic E-state index is 0.311. The van der Waals surface area contributed by atoms with Crippen LogP contribution < -0.4 is 0 Å². The Kier molecular flexibility index (Phi) is 7.52. The van der Waals surface area contributed by atoms with Gasteiger partial charge in [0.05, 0.1) is 12.0 Å². The van der Waals surface area contributed by atoms with Crippen molar-refractivity contribution in [3.63, 3.8) is 0 Å². The van der Waals surface area contributed by atoms with Crippen molar-refractivity contribution in [1.29, 1.82) is 0 Å². The van der Waals surface area contributed by atoms with Crippen LogP contribution >= 0.6 is 0 Å². The largest absolute Gasteiger partial charge is 0.460 e. The third-order valence-corrected chi connectivity index (χ3v) is 5.37. The van der Waals surface area contributed by atoms with Crippen molar-refractivity contribution >= 4 is 0 Å². The number of rotatable bonds is 8. The lowest BCUT2D eigenvalue weighted by atomic mass is 9.82. The summed E-state index contributed by atoms with van der Waals surface area (Å²) in [6.07, 6.45) is -9.91. The van der Waals surface area contributed by atoms with Crippen molar-refractivity contribution in [2.75, 3.05) is 7.11 Å². The second-order valence-corrected chi connectivity index (χ2v) is 8.94. The summed E-state index contributed by atoms with van der Waals surface area (Å²) in [5, 5.41) is 0. The summed E-state index contributed by atoms with van der Waals surface area (Å²) in [6, 6.07) is 4.91. The molecule has 198 valence electrons. The van der Waals surface area contributed by atoms with Crippen LogP contribution in [0.4, 0.5) is 57.1 Å². The molecule has 0 bridgehead atoms. The van der Waals surface area contributed by atoms with Crippen LogP contribution in [0.5, 0.6) is 0 Å². The highest BCUT2D eigenvalue weighted by atomic mass is 19.4. The molecular formula is C20H21F13O. The molecule has 0 aromatic heterocycles. The van der Waals surface area contributed by atoms with Gasteiger partial charge < -0.3 is 4.74 Å². The van der Waals surface area contributed by atoms with Gasteiger partial charge in [-0.1, -0.05) is 45.0 Å².